The third-order valence-electron chi connectivity index (χ3n) is 3.03. The molecule has 88 valence electrons. The smallest absolute Gasteiger partial charge is 0.133 e. The van der Waals surface area contributed by atoms with Gasteiger partial charge in [-0.15, -0.1) is 0 Å². The van der Waals surface area contributed by atoms with E-state index in [4.69, 9.17) is 5.73 Å². The minimum atomic E-state index is 0.537. The number of hydrogen-bond acceptors (Lipinski definition) is 3. The molecular formula is C15H13N3. The van der Waals surface area contributed by atoms with Gasteiger partial charge >= 0.3 is 0 Å². The van der Waals surface area contributed by atoms with E-state index < -0.39 is 0 Å². The Balaban J connectivity index is 2.42. The van der Waals surface area contributed by atoms with Crippen LogP contribution in [0.2, 0.25) is 0 Å². The molecule has 0 bridgehead atoms. The number of fused-ring (bicyclic) bond motifs is 1. The Morgan fingerprint density at radius 3 is 2.56 bits per heavy atom. The summed E-state index contributed by atoms with van der Waals surface area (Å²) in [6, 6.07) is 14.0. The van der Waals surface area contributed by atoms with Crippen molar-refractivity contribution in [2.24, 2.45) is 0 Å². The molecule has 0 radical (unpaired) electrons. The summed E-state index contributed by atoms with van der Waals surface area (Å²) < 4.78 is 0. The fraction of sp³-hybridized carbons (Fsp3) is 0.0667. The molecule has 0 atom stereocenters. The number of aryl methyl sites for hydroxylation is 1. The van der Waals surface area contributed by atoms with E-state index in [0.29, 0.717) is 5.82 Å². The number of rotatable bonds is 1. The van der Waals surface area contributed by atoms with Crippen molar-refractivity contribution in [1.29, 1.82) is 0 Å². The van der Waals surface area contributed by atoms with Crippen LogP contribution in [0.25, 0.3) is 22.0 Å². The first-order chi connectivity index (χ1) is 8.77. The van der Waals surface area contributed by atoms with Crippen molar-refractivity contribution < 1.29 is 0 Å². The van der Waals surface area contributed by atoms with Gasteiger partial charge in [-0.3, -0.25) is 4.98 Å². The molecule has 0 aliphatic carbocycles. The number of anilines is 1. The molecule has 0 saturated carbocycles. The van der Waals surface area contributed by atoms with Crippen molar-refractivity contribution in [3.05, 3.63) is 54.4 Å². The Kier molecular flexibility index (Phi) is 2.45. The van der Waals surface area contributed by atoms with Crippen LogP contribution in [-0.2, 0) is 0 Å². The van der Waals surface area contributed by atoms with Gasteiger partial charge in [-0.2, -0.15) is 0 Å². The summed E-state index contributed by atoms with van der Waals surface area (Å²) >= 11 is 0. The molecule has 3 nitrogen and oxygen atoms in total. The minimum absolute atomic E-state index is 0.537. The number of nitrogens with zero attached hydrogens (tertiary/aromatic N) is 2. The Hall–Kier alpha value is -2.42. The fourth-order valence-corrected chi connectivity index (χ4v) is 2.23. The molecule has 18 heavy (non-hydrogen) atoms. The summed E-state index contributed by atoms with van der Waals surface area (Å²) in [6.45, 7) is 1.97. The van der Waals surface area contributed by atoms with E-state index in [0.717, 1.165) is 27.7 Å². The zero-order chi connectivity index (χ0) is 12.5. The SMILES string of the molecule is Cc1nc(N)c2cccnc2c1-c1ccccc1. The number of nitrogen functional groups attached to an aromatic ring is 1. The van der Waals surface area contributed by atoms with Gasteiger partial charge < -0.3 is 5.73 Å². The maximum Gasteiger partial charge on any atom is 0.133 e. The van der Waals surface area contributed by atoms with E-state index >= 15 is 0 Å². The highest BCUT2D eigenvalue weighted by molar-refractivity contribution is 5.99. The minimum Gasteiger partial charge on any atom is -0.383 e. The molecule has 0 aliphatic rings. The number of pyridine rings is 2. The predicted octanol–water partition coefficient (Wildman–Crippen LogP) is 3.19. The normalized spacial score (nSPS) is 10.7. The number of benzene rings is 1. The molecule has 0 amide bonds. The molecule has 0 unspecified atom stereocenters. The zero-order valence-corrected chi connectivity index (χ0v) is 10.1. The van der Waals surface area contributed by atoms with Crippen molar-refractivity contribution in [2.45, 2.75) is 6.92 Å². The lowest BCUT2D eigenvalue weighted by molar-refractivity contribution is 1.22. The largest absolute Gasteiger partial charge is 0.383 e. The first kappa shape index (κ1) is 10.7. The zero-order valence-electron chi connectivity index (χ0n) is 10.1. The van der Waals surface area contributed by atoms with Crippen LogP contribution in [0, 0.1) is 6.92 Å². The van der Waals surface area contributed by atoms with Crippen LogP contribution in [0.15, 0.2) is 48.7 Å². The Labute approximate surface area is 105 Å². The van der Waals surface area contributed by atoms with Crippen molar-refractivity contribution in [2.75, 3.05) is 5.73 Å². The van der Waals surface area contributed by atoms with Gasteiger partial charge in [0.2, 0.25) is 0 Å². The van der Waals surface area contributed by atoms with Gasteiger partial charge in [-0.1, -0.05) is 30.3 Å². The topological polar surface area (TPSA) is 51.8 Å². The van der Waals surface area contributed by atoms with E-state index in [2.05, 4.69) is 22.1 Å². The van der Waals surface area contributed by atoms with E-state index in [-0.39, 0.29) is 0 Å². The van der Waals surface area contributed by atoms with Gasteiger partial charge in [0, 0.05) is 22.8 Å². The molecule has 3 rings (SSSR count). The first-order valence-corrected chi connectivity index (χ1v) is 5.83. The molecule has 0 aliphatic heterocycles. The predicted molar refractivity (Wildman–Crippen MR) is 74.1 cm³/mol. The molecule has 1 aromatic carbocycles. The lowest BCUT2D eigenvalue weighted by atomic mass is 10.0. The molecular weight excluding hydrogens is 222 g/mol. The van der Waals surface area contributed by atoms with E-state index in [1.165, 1.54) is 0 Å². The first-order valence-electron chi connectivity index (χ1n) is 5.83. The lowest BCUT2D eigenvalue weighted by Gasteiger charge is -2.10. The average Bonchev–Trinajstić information content (AvgIpc) is 2.40. The summed E-state index contributed by atoms with van der Waals surface area (Å²) in [7, 11) is 0. The van der Waals surface area contributed by atoms with Gasteiger partial charge in [0.05, 0.1) is 5.52 Å². The highest BCUT2D eigenvalue weighted by Crippen LogP contribution is 2.31. The second-order valence-electron chi connectivity index (χ2n) is 4.22. The molecule has 3 heteroatoms. The molecule has 0 fully saturated rings. The number of hydrogen-bond donors (Lipinski definition) is 1. The van der Waals surface area contributed by atoms with Gasteiger partial charge in [0.1, 0.15) is 5.82 Å². The fourth-order valence-electron chi connectivity index (χ4n) is 2.23. The second-order valence-corrected chi connectivity index (χ2v) is 4.22. The summed E-state index contributed by atoms with van der Waals surface area (Å²) in [5.41, 5.74) is 9.94. The molecule has 3 aromatic rings. The number of nitrogens with two attached hydrogens (primary N) is 1. The van der Waals surface area contributed by atoms with Crippen molar-refractivity contribution in [3.63, 3.8) is 0 Å². The molecule has 2 N–H and O–H groups in total. The van der Waals surface area contributed by atoms with Crippen LogP contribution < -0.4 is 5.73 Å². The standard InChI is InChI=1S/C15H13N3/c1-10-13(11-6-3-2-4-7-11)14-12(15(16)18-10)8-5-9-17-14/h2-9H,1H3,(H2,16,18). The molecule has 0 spiro atoms. The van der Waals surface area contributed by atoms with Crippen molar-refractivity contribution in [3.8, 4) is 11.1 Å². The van der Waals surface area contributed by atoms with Gasteiger partial charge in [0.25, 0.3) is 0 Å². The second kappa shape index (κ2) is 4.11. The Morgan fingerprint density at radius 1 is 1.00 bits per heavy atom. The molecule has 2 aromatic heterocycles. The van der Waals surface area contributed by atoms with Crippen LogP contribution in [-0.4, -0.2) is 9.97 Å². The van der Waals surface area contributed by atoms with E-state index in [1.54, 1.807) is 6.20 Å². The third-order valence-corrected chi connectivity index (χ3v) is 3.03. The van der Waals surface area contributed by atoms with Gasteiger partial charge in [0.15, 0.2) is 0 Å². The van der Waals surface area contributed by atoms with Crippen LogP contribution in [0.3, 0.4) is 0 Å². The Bertz CT molecular complexity index is 706. The van der Waals surface area contributed by atoms with E-state index in [9.17, 15) is 0 Å². The lowest BCUT2D eigenvalue weighted by Crippen LogP contribution is -1.98. The van der Waals surface area contributed by atoms with Crippen LogP contribution in [0.4, 0.5) is 5.82 Å². The number of aromatic nitrogens is 2. The molecule has 2 heterocycles. The van der Waals surface area contributed by atoms with Crippen LogP contribution in [0.5, 0.6) is 0 Å². The maximum absolute atomic E-state index is 5.95. The monoisotopic (exact) mass is 235 g/mol. The molecule has 0 saturated heterocycles. The average molecular weight is 235 g/mol. The highest BCUT2D eigenvalue weighted by Gasteiger charge is 2.11. The van der Waals surface area contributed by atoms with Crippen LogP contribution in [0.1, 0.15) is 5.69 Å². The third kappa shape index (κ3) is 1.61. The van der Waals surface area contributed by atoms with Gasteiger partial charge in [-0.05, 0) is 24.6 Å². The summed E-state index contributed by atoms with van der Waals surface area (Å²) in [5, 5.41) is 0.905. The van der Waals surface area contributed by atoms with Crippen LogP contribution >= 0.6 is 0 Å². The maximum atomic E-state index is 5.95. The van der Waals surface area contributed by atoms with E-state index in [1.807, 2.05) is 37.3 Å². The quantitative estimate of drug-likeness (QED) is 0.704. The summed E-state index contributed by atoms with van der Waals surface area (Å²) in [4.78, 5) is 8.88. The summed E-state index contributed by atoms with van der Waals surface area (Å²) in [5.74, 6) is 0.537. The van der Waals surface area contributed by atoms with Gasteiger partial charge in [-0.25, -0.2) is 4.98 Å². The van der Waals surface area contributed by atoms with Crippen molar-refractivity contribution >= 4 is 16.7 Å². The highest BCUT2D eigenvalue weighted by atomic mass is 14.9. The van der Waals surface area contributed by atoms with Crippen molar-refractivity contribution in [1.82, 2.24) is 9.97 Å². The Morgan fingerprint density at radius 2 is 1.78 bits per heavy atom. The summed E-state index contributed by atoms with van der Waals surface area (Å²) in [6.07, 6.45) is 1.79.